The van der Waals surface area contributed by atoms with Gasteiger partial charge in [0, 0.05) is 17.5 Å². The number of fused-ring (bicyclic) bond motifs is 1. The van der Waals surface area contributed by atoms with E-state index in [1.54, 1.807) is 19.1 Å². The number of carbonyl (C=O) groups excluding carboxylic acids is 1. The average Bonchev–Trinajstić information content (AvgIpc) is 2.87. The Morgan fingerprint density at radius 2 is 2.05 bits per heavy atom. The zero-order valence-electron chi connectivity index (χ0n) is 13.0. The number of nitrogens with zero attached hydrogens (tertiary/aromatic N) is 1. The summed E-state index contributed by atoms with van der Waals surface area (Å²) in [5.74, 6) is 0.290. The number of aromatic hydroxyl groups is 1. The van der Waals surface area contributed by atoms with E-state index < -0.39 is 5.97 Å². The van der Waals surface area contributed by atoms with Gasteiger partial charge in [0.25, 0.3) is 0 Å². The highest BCUT2D eigenvalue weighted by atomic mass is 16.5. The minimum atomic E-state index is -0.429. The van der Waals surface area contributed by atoms with E-state index in [9.17, 15) is 9.90 Å². The minimum absolute atomic E-state index is 0.198. The number of aryl methyl sites for hydroxylation is 1. The second kappa shape index (κ2) is 6.01. The molecule has 118 valence electrons. The number of furan rings is 1. The van der Waals surface area contributed by atoms with E-state index in [0.29, 0.717) is 28.8 Å². The van der Waals surface area contributed by atoms with Crippen LogP contribution >= 0.6 is 0 Å². The normalized spacial score (nSPS) is 16.1. The second-order valence-corrected chi connectivity index (χ2v) is 5.80. The monoisotopic (exact) mass is 303 g/mol. The van der Waals surface area contributed by atoms with Crippen LogP contribution in [0.3, 0.4) is 0 Å². The lowest BCUT2D eigenvalue weighted by molar-refractivity contribution is 0.0600. The molecule has 0 aliphatic carbocycles. The SMILES string of the molecule is COC(=O)c1c(C)oc2ccc(O)c(CN3CCCCC3)c12. The maximum absolute atomic E-state index is 12.1. The van der Waals surface area contributed by atoms with Crippen LogP contribution in [-0.4, -0.2) is 36.2 Å². The lowest BCUT2D eigenvalue weighted by atomic mass is 10.0. The van der Waals surface area contributed by atoms with E-state index in [2.05, 4.69) is 4.90 Å². The number of phenols is 1. The molecule has 1 aromatic carbocycles. The molecule has 1 aromatic heterocycles. The van der Waals surface area contributed by atoms with Crippen molar-refractivity contribution in [1.82, 2.24) is 4.90 Å². The van der Waals surface area contributed by atoms with Crippen LogP contribution in [0.4, 0.5) is 0 Å². The third-order valence-electron chi connectivity index (χ3n) is 4.33. The summed E-state index contributed by atoms with van der Waals surface area (Å²) in [4.78, 5) is 14.4. The first-order chi connectivity index (χ1) is 10.6. The van der Waals surface area contributed by atoms with E-state index >= 15 is 0 Å². The summed E-state index contributed by atoms with van der Waals surface area (Å²) < 4.78 is 10.6. The van der Waals surface area contributed by atoms with Crippen LogP contribution in [0.1, 0.15) is 40.9 Å². The third kappa shape index (κ3) is 2.57. The number of esters is 1. The Balaban J connectivity index is 2.10. The van der Waals surface area contributed by atoms with Crippen molar-refractivity contribution in [2.75, 3.05) is 20.2 Å². The molecule has 0 bridgehead atoms. The van der Waals surface area contributed by atoms with Gasteiger partial charge < -0.3 is 14.3 Å². The van der Waals surface area contributed by atoms with Crippen molar-refractivity contribution in [3.8, 4) is 5.75 Å². The van der Waals surface area contributed by atoms with Crippen molar-refractivity contribution < 1.29 is 19.1 Å². The van der Waals surface area contributed by atoms with Crippen LogP contribution in [0.5, 0.6) is 5.75 Å². The minimum Gasteiger partial charge on any atom is -0.508 e. The first-order valence-electron chi connectivity index (χ1n) is 7.66. The summed E-state index contributed by atoms with van der Waals surface area (Å²) in [6, 6.07) is 3.33. The van der Waals surface area contributed by atoms with Gasteiger partial charge in [-0.3, -0.25) is 4.90 Å². The summed E-state index contributed by atoms with van der Waals surface area (Å²) >= 11 is 0. The van der Waals surface area contributed by atoms with E-state index in [4.69, 9.17) is 9.15 Å². The van der Waals surface area contributed by atoms with E-state index in [-0.39, 0.29) is 5.75 Å². The Morgan fingerprint density at radius 3 is 2.73 bits per heavy atom. The fraction of sp³-hybridized carbons (Fsp3) is 0.471. The van der Waals surface area contributed by atoms with Crippen LogP contribution in [0, 0.1) is 6.92 Å². The molecule has 2 aromatic rings. The maximum Gasteiger partial charge on any atom is 0.342 e. The third-order valence-corrected chi connectivity index (χ3v) is 4.33. The molecule has 0 unspecified atom stereocenters. The van der Waals surface area contributed by atoms with Gasteiger partial charge in [0.15, 0.2) is 0 Å². The molecular weight excluding hydrogens is 282 g/mol. The van der Waals surface area contributed by atoms with Crippen LogP contribution in [0.2, 0.25) is 0 Å². The lowest BCUT2D eigenvalue weighted by Gasteiger charge is -2.27. The Labute approximate surface area is 129 Å². The molecule has 5 nitrogen and oxygen atoms in total. The van der Waals surface area contributed by atoms with E-state index in [1.165, 1.54) is 26.4 Å². The van der Waals surface area contributed by atoms with E-state index in [1.807, 2.05) is 0 Å². The Kier molecular flexibility index (Phi) is 4.07. The Hall–Kier alpha value is -2.01. The van der Waals surface area contributed by atoms with Gasteiger partial charge in [0.1, 0.15) is 22.7 Å². The predicted octanol–water partition coefficient (Wildman–Crippen LogP) is 3.22. The molecular formula is C17H21NO4. The van der Waals surface area contributed by atoms with Gasteiger partial charge in [-0.15, -0.1) is 0 Å². The van der Waals surface area contributed by atoms with Crippen LogP contribution in [-0.2, 0) is 11.3 Å². The number of phenolic OH excluding ortho intramolecular Hbond substituents is 1. The highest BCUT2D eigenvalue weighted by Gasteiger charge is 2.24. The molecule has 1 fully saturated rings. The molecule has 2 heterocycles. The van der Waals surface area contributed by atoms with Crippen molar-refractivity contribution in [3.05, 3.63) is 29.0 Å². The molecule has 0 spiro atoms. The summed E-state index contributed by atoms with van der Waals surface area (Å²) in [6.07, 6.45) is 3.60. The molecule has 3 rings (SSSR count). The van der Waals surface area contributed by atoms with Crippen molar-refractivity contribution in [3.63, 3.8) is 0 Å². The number of methoxy groups -OCH3 is 1. The van der Waals surface area contributed by atoms with Crippen molar-refractivity contribution >= 4 is 16.9 Å². The first-order valence-corrected chi connectivity index (χ1v) is 7.66. The topological polar surface area (TPSA) is 62.9 Å². The number of piperidine rings is 1. The zero-order valence-corrected chi connectivity index (χ0v) is 13.0. The number of hydrogen-bond donors (Lipinski definition) is 1. The largest absolute Gasteiger partial charge is 0.508 e. The number of benzene rings is 1. The zero-order chi connectivity index (χ0) is 15.7. The first kappa shape index (κ1) is 14.9. The molecule has 1 N–H and O–H groups in total. The molecule has 22 heavy (non-hydrogen) atoms. The van der Waals surface area contributed by atoms with Crippen LogP contribution in [0.15, 0.2) is 16.5 Å². The molecule has 1 saturated heterocycles. The van der Waals surface area contributed by atoms with Gasteiger partial charge in [0.05, 0.1) is 7.11 Å². The lowest BCUT2D eigenvalue weighted by Crippen LogP contribution is -2.29. The summed E-state index contributed by atoms with van der Waals surface area (Å²) in [5.41, 5.74) is 1.78. The fourth-order valence-corrected chi connectivity index (χ4v) is 3.22. The molecule has 1 aliphatic rings. The summed E-state index contributed by atoms with van der Waals surface area (Å²) in [6.45, 7) is 4.39. The standard InChI is InChI=1S/C17H21NO4/c1-11-15(17(20)21-2)16-12(10-18-8-4-3-5-9-18)13(19)6-7-14(16)22-11/h6-7,19H,3-5,8-10H2,1-2H3. The van der Waals surface area contributed by atoms with Gasteiger partial charge in [-0.25, -0.2) is 4.79 Å². The highest BCUT2D eigenvalue weighted by molar-refractivity contribution is 6.06. The van der Waals surface area contributed by atoms with Gasteiger partial charge >= 0.3 is 5.97 Å². The molecule has 1 aliphatic heterocycles. The summed E-state index contributed by atoms with van der Waals surface area (Å²) in [5, 5.41) is 11.0. The Morgan fingerprint density at radius 1 is 1.32 bits per heavy atom. The number of hydrogen-bond acceptors (Lipinski definition) is 5. The number of rotatable bonds is 3. The molecule has 0 amide bonds. The van der Waals surface area contributed by atoms with Crippen molar-refractivity contribution in [2.45, 2.75) is 32.7 Å². The molecule has 0 saturated carbocycles. The smallest absolute Gasteiger partial charge is 0.342 e. The average molecular weight is 303 g/mol. The van der Waals surface area contributed by atoms with E-state index in [0.717, 1.165) is 18.7 Å². The van der Waals surface area contributed by atoms with Gasteiger partial charge in [-0.1, -0.05) is 6.42 Å². The molecule has 0 radical (unpaired) electrons. The highest BCUT2D eigenvalue weighted by Crippen LogP contribution is 2.35. The predicted molar refractivity (Wildman–Crippen MR) is 83.1 cm³/mol. The number of ether oxygens (including phenoxy) is 1. The second-order valence-electron chi connectivity index (χ2n) is 5.80. The number of carbonyl (C=O) groups is 1. The van der Waals surface area contributed by atoms with Gasteiger partial charge in [-0.2, -0.15) is 0 Å². The fourth-order valence-electron chi connectivity index (χ4n) is 3.22. The van der Waals surface area contributed by atoms with Gasteiger partial charge in [-0.05, 0) is 45.0 Å². The van der Waals surface area contributed by atoms with Crippen molar-refractivity contribution in [2.24, 2.45) is 0 Å². The quantitative estimate of drug-likeness (QED) is 0.882. The molecule has 5 heteroatoms. The Bertz CT molecular complexity index is 698. The van der Waals surface area contributed by atoms with Crippen molar-refractivity contribution in [1.29, 1.82) is 0 Å². The van der Waals surface area contributed by atoms with Gasteiger partial charge in [0.2, 0.25) is 0 Å². The van der Waals surface area contributed by atoms with Crippen LogP contribution < -0.4 is 0 Å². The molecule has 0 atom stereocenters. The number of likely N-dealkylation sites (tertiary alicyclic amines) is 1. The summed E-state index contributed by atoms with van der Waals surface area (Å²) in [7, 11) is 1.35. The maximum atomic E-state index is 12.1. The van der Waals surface area contributed by atoms with Crippen LogP contribution in [0.25, 0.3) is 11.0 Å².